The van der Waals surface area contributed by atoms with Crippen LogP contribution in [0.15, 0.2) is 0 Å². The number of ether oxygens (including phenoxy) is 1. The Bertz CT molecular complexity index is 214. The molecule has 0 aliphatic carbocycles. The predicted molar refractivity (Wildman–Crippen MR) is 57.9 cm³/mol. The van der Waals surface area contributed by atoms with Crippen LogP contribution in [0.2, 0.25) is 0 Å². The van der Waals surface area contributed by atoms with Gasteiger partial charge in [0.15, 0.2) is 0 Å². The van der Waals surface area contributed by atoms with E-state index in [1.807, 2.05) is 0 Å². The number of rotatable bonds is 7. The summed E-state index contributed by atoms with van der Waals surface area (Å²) in [7, 11) is 0. The van der Waals surface area contributed by atoms with E-state index in [2.05, 4.69) is 19.2 Å². The highest BCUT2D eigenvalue weighted by Crippen LogP contribution is 2.23. The van der Waals surface area contributed by atoms with Crippen LogP contribution in [-0.2, 0) is 9.53 Å². The summed E-state index contributed by atoms with van der Waals surface area (Å²) < 4.78 is 5.75. The van der Waals surface area contributed by atoms with Crippen molar-refractivity contribution in [2.75, 3.05) is 19.7 Å². The summed E-state index contributed by atoms with van der Waals surface area (Å²) in [6.07, 6.45) is 2.39. The Morgan fingerprint density at radius 1 is 1.60 bits per heavy atom. The van der Waals surface area contributed by atoms with Gasteiger partial charge >= 0.3 is 5.97 Å². The Balaban J connectivity index is 2.30. The first-order chi connectivity index (χ1) is 7.08. The summed E-state index contributed by atoms with van der Waals surface area (Å²) in [6, 6.07) is 0. The van der Waals surface area contributed by atoms with Gasteiger partial charge in [0.2, 0.25) is 0 Å². The minimum Gasteiger partial charge on any atom is -0.481 e. The van der Waals surface area contributed by atoms with E-state index in [0.717, 1.165) is 12.8 Å². The van der Waals surface area contributed by atoms with Gasteiger partial charge in [0, 0.05) is 13.1 Å². The van der Waals surface area contributed by atoms with Gasteiger partial charge < -0.3 is 15.2 Å². The van der Waals surface area contributed by atoms with Crippen LogP contribution in [0.5, 0.6) is 0 Å². The lowest BCUT2D eigenvalue weighted by Gasteiger charge is -2.41. The lowest BCUT2D eigenvalue weighted by Crippen LogP contribution is -2.62. The van der Waals surface area contributed by atoms with Crippen LogP contribution in [0.3, 0.4) is 0 Å². The lowest BCUT2D eigenvalue weighted by molar-refractivity contribution is -0.152. The van der Waals surface area contributed by atoms with E-state index in [1.165, 1.54) is 0 Å². The number of carboxylic acid groups (broad SMARTS) is 1. The molecule has 0 radical (unpaired) electrons. The molecule has 4 nitrogen and oxygen atoms in total. The molecule has 88 valence electrons. The highest BCUT2D eigenvalue weighted by Gasteiger charge is 2.40. The van der Waals surface area contributed by atoms with E-state index in [9.17, 15) is 4.79 Å². The van der Waals surface area contributed by atoms with Gasteiger partial charge in [-0.2, -0.15) is 0 Å². The Morgan fingerprint density at radius 3 is 2.67 bits per heavy atom. The minimum absolute atomic E-state index is 0.110. The molecular formula is C11H21NO3. The molecule has 1 saturated heterocycles. The molecule has 0 aromatic rings. The summed E-state index contributed by atoms with van der Waals surface area (Å²) in [6.45, 7) is 6.29. The van der Waals surface area contributed by atoms with Crippen LogP contribution in [0.25, 0.3) is 0 Å². The molecule has 0 aromatic heterocycles. The summed E-state index contributed by atoms with van der Waals surface area (Å²) in [5, 5.41) is 11.8. The van der Waals surface area contributed by atoms with Crippen molar-refractivity contribution in [2.45, 2.75) is 38.7 Å². The zero-order valence-electron chi connectivity index (χ0n) is 9.58. The topological polar surface area (TPSA) is 58.6 Å². The van der Waals surface area contributed by atoms with E-state index >= 15 is 0 Å². The van der Waals surface area contributed by atoms with Crippen molar-refractivity contribution < 1.29 is 14.6 Å². The van der Waals surface area contributed by atoms with Crippen LogP contribution in [0, 0.1) is 5.92 Å². The lowest BCUT2D eigenvalue weighted by atomic mass is 9.92. The molecule has 1 rings (SSSR count). The standard InChI is InChI=1S/C11H21NO3/c1-3-4-9(2)6-15-11(5-10(13)14)7-12-8-11/h9,12H,3-8H2,1-2H3,(H,13,14). The quantitative estimate of drug-likeness (QED) is 0.671. The van der Waals surface area contributed by atoms with E-state index < -0.39 is 11.6 Å². The van der Waals surface area contributed by atoms with Gasteiger partial charge in [-0.25, -0.2) is 0 Å². The Morgan fingerprint density at radius 2 is 2.27 bits per heavy atom. The first kappa shape index (κ1) is 12.5. The fourth-order valence-corrected chi connectivity index (χ4v) is 1.85. The summed E-state index contributed by atoms with van der Waals surface area (Å²) in [5.74, 6) is -0.263. The molecule has 1 heterocycles. The number of nitrogens with one attached hydrogen (secondary N) is 1. The number of aliphatic carboxylic acids is 1. The molecule has 15 heavy (non-hydrogen) atoms. The Kier molecular flexibility index (Phi) is 4.54. The highest BCUT2D eigenvalue weighted by atomic mass is 16.5. The fourth-order valence-electron chi connectivity index (χ4n) is 1.85. The van der Waals surface area contributed by atoms with E-state index in [1.54, 1.807) is 0 Å². The third-order valence-corrected chi connectivity index (χ3v) is 2.82. The second kappa shape index (κ2) is 5.47. The van der Waals surface area contributed by atoms with Crippen molar-refractivity contribution in [1.29, 1.82) is 0 Å². The number of carbonyl (C=O) groups is 1. The zero-order chi connectivity index (χ0) is 11.3. The average Bonchev–Trinajstić information content (AvgIpc) is 2.09. The maximum atomic E-state index is 10.7. The second-order valence-electron chi connectivity index (χ2n) is 4.56. The van der Waals surface area contributed by atoms with Crippen molar-refractivity contribution in [3.8, 4) is 0 Å². The smallest absolute Gasteiger partial charge is 0.306 e. The Hall–Kier alpha value is -0.610. The largest absolute Gasteiger partial charge is 0.481 e. The van der Waals surface area contributed by atoms with Gasteiger partial charge in [-0.3, -0.25) is 4.79 Å². The van der Waals surface area contributed by atoms with Crippen LogP contribution in [0.1, 0.15) is 33.1 Å². The highest BCUT2D eigenvalue weighted by molar-refractivity contribution is 5.68. The molecule has 0 bridgehead atoms. The van der Waals surface area contributed by atoms with Gasteiger partial charge in [0.25, 0.3) is 0 Å². The van der Waals surface area contributed by atoms with Gasteiger partial charge in [0.05, 0.1) is 13.0 Å². The summed E-state index contributed by atoms with van der Waals surface area (Å²) in [5.41, 5.74) is -0.437. The van der Waals surface area contributed by atoms with E-state index in [0.29, 0.717) is 25.6 Å². The van der Waals surface area contributed by atoms with Crippen molar-refractivity contribution in [2.24, 2.45) is 5.92 Å². The van der Waals surface area contributed by atoms with Crippen molar-refractivity contribution >= 4 is 5.97 Å². The fraction of sp³-hybridized carbons (Fsp3) is 0.909. The monoisotopic (exact) mass is 215 g/mol. The molecule has 0 aromatic carbocycles. The molecule has 1 atom stereocenters. The minimum atomic E-state index is -0.778. The predicted octanol–water partition coefficient (Wildman–Crippen LogP) is 1.26. The maximum absolute atomic E-state index is 10.7. The number of hydrogen-bond acceptors (Lipinski definition) is 3. The average molecular weight is 215 g/mol. The third kappa shape index (κ3) is 3.80. The van der Waals surface area contributed by atoms with Crippen LogP contribution in [0.4, 0.5) is 0 Å². The maximum Gasteiger partial charge on any atom is 0.306 e. The van der Waals surface area contributed by atoms with Crippen LogP contribution < -0.4 is 5.32 Å². The van der Waals surface area contributed by atoms with E-state index in [4.69, 9.17) is 9.84 Å². The Labute approximate surface area is 91.0 Å². The van der Waals surface area contributed by atoms with Gasteiger partial charge in [-0.05, 0) is 12.3 Å². The van der Waals surface area contributed by atoms with Crippen molar-refractivity contribution in [3.05, 3.63) is 0 Å². The van der Waals surface area contributed by atoms with Crippen LogP contribution >= 0.6 is 0 Å². The normalized spacial score (nSPS) is 20.7. The van der Waals surface area contributed by atoms with Crippen LogP contribution in [-0.4, -0.2) is 36.4 Å². The zero-order valence-corrected chi connectivity index (χ0v) is 9.58. The molecule has 1 aliphatic heterocycles. The van der Waals surface area contributed by atoms with Gasteiger partial charge in [0.1, 0.15) is 5.60 Å². The second-order valence-corrected chi connectivity index (χ2v) is 4.56. The molecule has 0 amide bonds. The van der Waals surface area contributed by atoms with E-state index in [-0.39, 0.29) is 6.42 Å². The first-order valence-corrected chi connectivity index (χ1v) is 5.64. The van der Waals surface area contributed by atoms with Gasteiger partial charge in [-0.1, -0.05) is 20.3 Å². The number of hydrogen-bond donors (Lipinski definition) is 2. The summed E-state index contributed by atoms with van der Waals surface area (Å²) >= 11 is 0. The summed E-state index contributed by atoms with van der Waals surface area (Å²) in [4.78, 5) is 10.7. The molecule has 0 saturated carbocycles. The van der Waals surface area contributed by atoms with Crippen molar-refractivity contribution in [3.63, 3.8) is 0 Å². The molecule has 0 spiro atoms. The molecule has 1 aliphatic rings. The van der Waals surface area contributed by atoms with Gasteiger partial charge in [-0.15, -0.1) is 0 Å². The first-order valence-electron chi connectivity index (χ1n) is 5.64. The molecule has 4 heteroatoms. The SMILES string of the molecule is CCCC(C)COC1(CC(=O)O)CNC1. The molecule has 1 fully saturated rings. The third-order valence-electron chi connectivity index (χ3n) is 2.82. The molecule has 1 unspecified atom stereocenters. The van der Waals surface area contributed by atoms with Crippen molar-refractivity contribution in [1.82, 2.24) is 5.32 Å². The number of carboxylic acids is 1. The molecule has 2 N–H and O–H groups in total. The molecular weight excluding hydrogens is 194 g/mol.